The van der Waals surface area contributed by atoms with Crippen molar-refractivity contribution < 1.29 is 33.4 Å². The van der Waals surface area contributed by atoms with Crippen molar-refractivity contribution in [1.29, 1.82) is 0 Å². The highest BCUT2D eigenvalue weighted by atomic mass is 16.5. The molecule has 2 fully saturated rings. The molecule has 2 heterocycles. The van der Waals surface area contributed by atoms with Crippen LogP contribution in [0, 0.1) is 0 Å². The molecule has 0 spiro atoms. The van der Waals surface area contributed by atoms with Crippen molar-refractivity contribution in [1.82, 2.24) is 19.6 Å². The molecule has 0 unspecified atom stereocenters. The minimum absolute atomic E-state index is 0.000381. The lowest BCUT2D eigenvalue weighted by molar-refractivity contribution is 0.0448. The van der Waals surface area contributed by atoms with Crippen LogP contribution in [0.15, 0.2) is 48.5 Å². The van der Waals surface area contributed by atoms with E-state index in [9.17, 15) is 19.2 Å². The third-order valence-electron chi connectivity index (χ3n) is 6.89. The predicted molar refractivity (Wildman–Crippen MR) is 156 cm³/mol. The highest BCUT2D eigenvalue weighted by molar-refractivity contribution is 5.97. The molecular weight excluding hydrogens is 542 g/mol. The lowest BCUT2D eigenvalue weighted by atomic mass is 10.1. The summed E-state index contributed by atoms with van der Waals surface area (Å²) in [6.07, 6.45) is 0. The summed E-state index contributed by atoms with van der Waals surface area (Å²) in [5, 5.41) is 0. The second kappa shape index (κ2) is 16.4. The van der Waals surface area contributed by atoms with Crippen molar-refractivity contribution >= 4 is 23.8 Å². The molecule has 12 nitrogen and oxygen atoms in total. The summed E-state index contributed by atoms with van der Waals surface area (Å²) in [5.74, 6) is -0.446. The highest BCUT2D eigenvalue weighted by Crippen LogP contribution is 2.11. The quantitative estimate of drug-likeness (QED) is 0.387. The summed E-state index contributed by atoms with van der Waals surface area (Å²) < 4.78 is 15.1. The monoisotopic (exact) mass is 583 g/mol. The largest absolute Gasteiger partial charge is 0.465 e. The maximum absolute atomic E-state index is 12.2. The molecule has 0 aromatic heterocycles. The number of hydrogen-bond donors (Lipinski definition) is 1. The van der Waals surface area contributed by atoms with Gasteiger partial charge in [-0.25, -0.2) is 14.4 Å². The Morgan fingerprint density at radius 2 is 1.10 bits per heavy atom. The van der Waals surface area contributed by atoms with E-state index in [1.54, 1.807) is 58.0 Å². The zero-order valence-electron chi connectivity index (χ0n) is 24.6. The number of nitrogens with zero attached hydrogens (tertiary/aromatic N) is 4. The van der Waals surface area contributed by atoms with Gasteiger partial charge in [0, 0.05) is 58.9 Å². The van der Waals surface area contributed by atoms with Gasteiger partial charge < -0.3 is 39.5 Å². The molecule has 0 aliphatic carbocycles. The van der Waals surface area contributed by atoms with E-state index in [1.165, 1.54) is 7.11 Å². The fourth-order valence-corrected chi connectivity index (χ4v) is 4.45. The number of urea groups is 2. The van der Waals surface area contributed by atoms with E-state index in [0.29, 0.717) is 76.8 Å². The molecule has 2 N–H and O–H groups in total. The first kappa shape index (κ1) is 32.5. The number of nitrogens with two attached hydrogens (primary N) is 1. The van der Waals surface area contributed by atoms with Crippen molar-refractivity contribution in [3.05, 3.63) is 70.8 Å². The molecule has 42 heavy (non-hydrogen) atoms. The van der Waals surface area contributed by atoms with Crippen molar-refractivity contribution in [2.45, 2.75) is 13.1 Å². The number of morpholine rings is 2. The van der Waals surface area contributed by atoms with Gasteiger partial charge in [0.25, 0.3) is 0 Å². The van der Waals surface area contributed by atoms with E-state index in [1.807, 2.05) is 24.3 Å². The van der Waals surface area contributed by atoms with Gasteiger partial charge in [0.05, 0.1) is 45.6 Å². The average Bonchev–Trinajstić information content (AvgIpc) is 3.05. The van der Waals surface area contributed by atoms with E-state index < -0.39 is 0 Å². The first-order valence-corrected chi connectivity index (χ1v) is 13.9. The molecule has 2 aliphatic rings. The van der Waals surface area contributed by atoms with Crippen LogP contribution in [-0.2, 0) is 27.3 Å². The summed E-state index contributed by atoms with van der Waals surface area (Å²) in [6, 6.07) is 14.3. The second-order valence-electron chi connectivity index (χ2n) is 9.99. The number of rotatable bonds is 7. The molecule has 4 amide bonds. The van der Waals surface area contributed by atoms with Crippen molar-refractivity contribution in [2.75, 3.05) is 80.4 Å². The van der Waals surface area contributed by atoms with E-state index in [4.69, 9.17) is 15.2 Å². The van der Waals surface area contributed by atoms with Gasteiger partial charge in [0.15, 0.2) is 5.78 Å². The topological polar surface area (TPSA) is 135 Å². The number of methoxy groups -OCH3 is 1. The lowest BCUT2D eigenvalue weighted by Crippen LogP contribution is -2.46. The SMILES string of the molecule is CN(Cc1ccc(C(=O)CN)cc1)C(=O)N1CCOCC1.COC(=O)c1ccc(CN(C)C(=O)N2CCOCC2)cc1. The summed E-state index contributed by atoms with van der Waals surface area (Å²) >= 11 is 0. The molecule has 12 heteroatoms. The minimum atomic E-state index is -0.362. The van der Waals surface area contributed by atoms with Gasteiger partial charge in [0.2, 0.25) is 0 Å². The Morgan fingerprint density at radius 1 is 0.714 bits per heavy atom. The van der Waals surface area contributed by atoms with E-state index in [0.717, 1.165) is 11.1 Å². The van der Waals surface area contributed by atoms with Crippen LogP contribution in [0.5, 0.6) is 0 Å². The van der Waals surface area contributed by atoms with Crippen molar-refractivity contribution in [2.24, 2.45) is 5.73 Å². The Balaban J connectivity index is 0.000000230. The average molecular weight is 584 g/mol. The molecule has 4 rings (SSSR count). The third-order valence-corrected chi connectivity index (χ3v) is 6.89. The summed E-state index contributed by atoms with van der Waals surface area (Å²) in [4.78, 5) is 54.2. The molecule has 2 aliphatic heterocycles. The fourth-order valence-electron chi connectivity index (χ4n) is 4.45. The van der Waals surface area contributed by atoms with Gasteiger partial charge >= 0.3 is 18.0 Å². The molecule has 2 aromatic rings. The van der Waals surface area contributed by atoms with Crippen LogP contribution in [0.4, 0.5) is 9.59 Å². The molecular formula is C30H41N5O7. The molecule has 228 valence electrons. The van der Waals surface area contributed by atoms with Gasteiger partial charge in [-0.15, -0.1) is 0 Å². The standard InChI is InChI=1S/C15H21N3O3.C15H20N2O4/c1-17(15(20)18-6-8-21-9-7-18)11-12-2-4-13(5-3-12)14(19)10-16;1-16(15(19)17-7-9-21-10-8-17)11-12-3-5-13(6-4-12)14(18)20-2/h2-5H,6-11,16H2,1H3;3-6H,7-11H2,1-2H3. The van der Waals surface area contributed by atoms with Gasteiger partial charge in [-0.3, -0.25) is 4.79 Å². The first-order valence-electron chi connectivity index (χ1n) is 13.9. The number of hydrogen-bond acceptors (Lipinski definition) is 8. The number of esters is 1. The number of ether oxygens (including phenoxy) is 3. The van der Waals surface area contributed by atoms with Crippen molar-refractivity contribution in [3.8, 4) is 0 Å². The Morgan fingerprint density at radius 3 is 1.45 bits per heavy atom. The summed E-state index contributed by atoms with van der Waals surface area (Å²) in [7, 11) is 4.90. The summed E-state index contributed by atoms with van der Waals surface area (Å²) in [5.41, 5.74) is 8.37. The van der Waals surface area contributed by atoms with Gasteiger partial charge in [-0.05, 0) is 23.3 Å². The zero-order valence-corrected chi connectivity index (χ0v) is 24.6. The predicted octanol–water partition coefficient (Wildman–Crippen LogP) is 2.07. The molecule has 0 saturated carbocycles. The van der Waals surface area contributed by atoms with E-state index >= 15 is 0 Å². The minimum Gasteiger partial charge on any atom is -0.465 e. The van der Waals surface area contributed by atoms with Crippen LogP contribution in [0.3, 0.4) is 0 Å². The van der Waals surface area contributed by atoms with Crippen LogP contribution in [0.25, 0.3) is 0 Å². The maximum atomic E-state index is 12.2. The van der Waals surface area contributed by atoms with Crippen LogP contribution < -0.4 is 5.73 Å². The molecule has 2 aromatic carbocycles. The van der Waals surface area contributed by atoms with Crippen LogP contribution >= 0.6 is 0 Å². The number of amides is 4. The van der Waals surface area contributed by atoms with E-state index in [2.05, 4.69) is 4.74 Å². The Kier molecular flexibility index (Phi) is 12.7. The van der Waals surface area contributed by atoms with E-state index in [-0.39, 0.29) is 30.4 Å². The summed E-state index contributed by atoms with van der Waals surface area (Å²) in [6.45, 7) is 5.90. The number of carbonyl (C=O) groups is 4. The zero-order chi connectivity index (χ0) is 30.5. The lowest BCUT2D eigenvalue weighted by Gasteiger charge is -2.31. The normalized spacial score (nSPS) is 14.8. The number of Topliss-reactive ketones (excluding diaryl/α,β-unsaturated/α-hetero) is 1. The van der Waals surface area contributed by atoms with Crippen LogP contribution in [0.2, 0.25) is 0 Å². The van der Waals surface area contributed by atoms with Crippen LogP contribution in [-0.4, -0.2) is 124 Å². The number of benzene rings is 2. The third kappa shape index (κ3) is 9.54. The van der Waals surface area contributed by atoms with Gasteiger partial charge in [-0.1, -0.05) is 36.4 Å². The Hall–Kier alpha value is -4.00. The van der Waals surface area contributed by atoms with Crippen LogP contribution in [0.1, 0.15) is 31.8 Å². The first-order chi connectivity index (χ1) is 20.2. The molecule has 0 bridgehead atoms. The van der Waals surface area contributed by atoms with Gasteiger partial charge in [-0.2, -0.15) is 0 Å². The molecule has 0 radical (unpaired) electrons. The van der Waals surface area contributed by atoms with Gasteiger partial charge in [0.1, 0.15) is 0 Å². The molecule has 0 atom stereocenters. The molecule has 2 saturated heterocycles. The fraction of sp³-hybridized carbons (Fsp3) is 0.467. The Bertz CT molecular complexity index is 1080. The second-order valence-corrected chi connectivity index (χ2v) is 9.99. The highest BCUT2D eigenvalue weighted by Gasteiger charge is 2.21. The Labute approximate surface area is 246 Å². The van der Waals surface area contributed by atoms with Crippen molar-refractivity contribution in [3.63, 3.8) is 0 Å². The smallest absolute Gasteiger partial charge is 0.337 e. The number of ketones is 1. The maximum Gasteiger partial charge on any atom is 0.337 e. The number of carbonyl (C=O) groups excluding carboxylic acids is 4.